The third kappa shape index (κ3) is 1.52. The minimum absolute atomic E-state index is 0.501. The summed E-state index contributed by atoms with van der Waals surface area (Å²) in [7, 11) is 1.90. The number of aryl methyl sites for hydroxylation is 1. The van der Waals surface area contributed by atoms with E-state index in [2.05, 4.69) is 32.1 Å². The Balaban J connectivity index is 1.96. The lowest BCUT2D eigenvalue weighted by Crippen LogP contribution is -2.46. The second-order valence-electron chi connectivity index (χ2n) is 5.19. The zero-order valence-electron chi connectivity index (χ0n) is 11.4. The van der Waals surface area contributed by atoms with Gasteiger partial charge in [-0.1, -0.05) is 0 Å². The fraction of sp³-hybridized carbons (Fsp3) is 0.385. The molecular formula is C13H15N7. The molecule has 4 heterocycles. The molecule has 20 heavy (non-hydrogen) atoms. The van der Waals surface area contributed by atoms with Gasteiger partial charge in [-0.25, -0.2) is 9.97 Å². The Kier molecular flexibility index (Phi) is 2.29. The minimum atomic E-state index is 0.501. The summed E-state index contributed by atoms with van der Waals surface area (Å²) in [6.45, 7) is 3.20. The van der Waals surface area contributed by atoms with Crippen LogP contribution in [0.15, 0.2) is 18.6 Å². The number of hydrogen-bond donors (Lipinski definition) is 1. The van der Waals surface area contributed by atoms with E-state index in [-0.39, 0.29) is 0 Å². The highest BCUT2D eigenvalue weighted by Crippen LogP contribution is 2.30. The molecule has 1 aliphatic rings. The molecular weight excluding hydrogens is 254 g/mol. The molecule has 0 radical (unpaired) electrons. The third-order valence-corrected chi connectivity index (χ3v) is 3.92. The van der Waals surface area contributed by atoms with E-state index >= 15 is 0 Å². The summed E-state index contributed by atoms with van der Waals surface area (Å²) in [5.74, 6) is 0.778. The molecule has 0 saturated carbocycles. The number of hydrogen-bond acceptors (Lipinski definition) is 5. The first-order chi connectivity index (χ1) is 9.74. The molecule has 1 fully saturated rings. The van der Waals surface area contributed by atoms with Crippen molar-refractivity contribution in [1.29, 1.82) is 0 Å². The molecule has 4 rings (SSSR count). The Morgan fingerprint density at radius 2 is 2.20 bits per heavy atom. The molecule has 3 aromatic rings. The van der Waals surface area contributed by atoms with Crippen molar-refractivity contribution in [3.05, 3.63) is 18.6 Å². The van der Waals surface area contributed by atoms with Crippen molar-refractivity contribution in [2.75, 3.05) is 11.4 Å². The summed E-state index contributed by atoms with van der Waals surface area (Å²) in [5, 5.41) is 11.1. The first kappa shape index (κ1) is 11.4. The van der Waals surface area contributed by atoms with Gasteiger partial charge >= 0.3 is 0 Å². The average Bonchev–Trinajstić information content (AvgIpc) is 3.07. The van der Waals surface area contributed by atoms with E-state index in [0.717, 1.165) is 34.8 Å². The largest absolute Gasteiger partial charge is 0.338 e. The number of anilines is 1. The molecule has 0 unspecified atom stereocenters. The van der Waals surface area contributed by atoms with Crippen LogP contribution in [-0.4, -0.2) is 42.5 Å². The maximum absolute atomic E-state index is 4.74. The smallest absolute Gasteiger partial charge is 0.226 e. The third-order valence-electron chi connectivity index (χ3n) is 3.92. The van der Waals surface area contributed by atoms with E-state index in [0.29, 0.717) is 6.04 Å². The van der Waals surface area contributed by atoms with Gasteiger partial charge in [0.15, 0.2) is 0 Å². The molecule has 1 atom stereocenters. The summed E-state index contributed by atoms with van der Waals surface area (Å²) in [4.78, 5) is 11.6. The Morgan fingerprint density at radius 3 is 2.85 bits per heavy atom. The number of rotatable bonds is 2. The molecule has 0 aliphatic carbocycles. The van der Waals surface area contributed by atoms with Gasteiger partial charge in [-0.15, -0.1) is 0 Å². The average molecular weight is 269 g/mol. The molecule has 1 saturated heterocycles. The summed E-state index contributed by atoms with van der Waals surface area (Å²) in [6.07, 6.45) is 6.60. The Labute approximate surface area is 115 Å². The van der Waals surface area contributed by atoms with Crippen LogP contribution in [0.2, 0.25) is 0 Å². The van der Waals surface area contributed by atoms with E-state index in [1.807, 2.05) is 13.2 Å². The predicted molar refractivity (Wildman–Crippen MR) is 75.3 cm³/mol. The topological polar surface area (TPSA) is 75.5 Å². The van der Waals surface area contributed by atoms with Gasteiger partial charge in [-0.05, 0) is 13.3 Å². The number of aromatic amines is 1. The van der Waals surface area contributed by atoms with Crippen LogP contribution >= 0.6 is 0 Å². The highest BCUT2D eigenvalue weighted by atomic mass is 15.3. The van der Waals surface area contributed by atoms with E-state index in [9.17, 15) is 0 Å². The van der Waals surface area contributed by atoms with Crippen molar-refractivity contribution in [3.8, 4) is 11.3 Å². The van der Waals surface area contributed by atoms with Gasteiger partial charge in [0, 0.05) is 31.4 Å². The number of nitrogens with zero attached hydrogens (tertiary/aromatic N) is 6. The number of aromatic nitrogens is 6. The van der Waals surface area contributed by atoms with E-state index in [1.165, 1.54) is 6.42 Å². The molecule has 7 nitrogen and oxygen atoms in total. The van der Waals surface area contributed by atoms with Crippen LogP contribution in [-0.2, 0) is 7.05 Å². The maximum Gasteiger partial charge on any atom is 0.226 e. The number of fused-ring (bicyclic) bond motifs is 1. The van der Waals surface area contributed by atoms with Crippen molar-refractivity contribution in [2.24, 2.45) is 7.05 Å². The van der Waals surface area contributed by atoms with Crippen LogP contribution in [0, 0.1) is 0 Å². The molecule has 0 amide bonds. The quantitative estimate of drug-likeness (QED) is 0.760. The van der Waals surface area contributed by atoms with Crippen LogP contribution in [0.25, 0.3) is 22.3 Å². The standard InChI is InChI=1S/C13H15N7/c1-8-3-4-20(8)13-17-10-7-16-19(2)12(10)11(18-13)9-5-14-15-6-9/h5-8H,3-4H2,1-2H3,(H,14,15)/t8-/m0/s1. The van der Waals surface area contributed by atoms with Crippen molar-refractivity contribution < 1.29 is 0 Å². The maximum atomic E-state index is 4.74. The molecule has 1 N–H and O–H groups in total. The summed E-state index contributed by atoms with van der Waals surface area (Å²) in [6, 6.07) is 0.501. The van der Waals surface area contributed by atoms with E-state index < -0.39 is 0 Å². The summed E-state index contributed by atoms with van der Waals surface area (Å²) >= 11 is 0. The molecule has 0 spiro atoms. The molecule has 7 heteroatoms. The van der Waals surface area contributed by atoms with E-state index in [1.54, 1.807) is 17.1 Å². The molecule has 1 aliphatic heterocycles. The zero-order chi connectivity index (χ0) is 13.7. The van der Waals surface area contributed by atoms with Gasteiger partial charge < -0.3 is 4.90 Å². The fourth-order valence-electron chi connectivity index (χ4n) is 2.59. The van der Waals surface area contributed by atoms with Gasteiger partial charge in [0.2, 0.25) is 5.95 Å². The van der Waals surface area contributed by atoms with Crippen molar-refractivity contribution in [1.82, 2.24) is 29.9 Å². The van der Waals surface area contributed by atoms with Crippen molar-refractivity contribution in [3.63, 3.8) is 0 Å². The van der Waals surface area contributed by atoms with Crippen LogP contribution in [0.3, 0.4) is 0 Å². The Hall–Kier alpha value is -2.44. The summed E-state index contributed by atoms with van der Waals surface area (Å²) < 4.78 is 1.81. The molecule has 102 valence electrons. The molecule has 0 aromatic carbocycles. The SMILES string of the molecule is C[C@H]1CCN1c1nc(-c2cn[nH]c2)c2c(cnn2C)n1. The zero-order valence-corrected chi connectivity index (χ0v) is 11.4. The van der Waals surface area contributed by atoms with Crippen molar-refractivity contribution >= 4 is 17.0 Å². The van der Waals surface area contributed by atoms with Crippen LogP contribution in [0.5, 0.6) is 0 Å². The lowest BCUT2D eigenvalue weighted by Gasteiger charge is -2.38. The van der Waals surface area contributed by atoms with Crippen molar-refractivity contribution in [2.45, 2.75) is 19.4 Å². The fourth-order valence-corrected chi connectivity index (χ4v) is 2.59. The molecule has 0 bridgehead atoms. The lowest BCUT2D eigenvalue weighted by atomic mass is 10.1. The number of nitrogens with one attached hydrogen (secondary N) is 1. The van der Waals surface area contributed by atoms with Crippen LogP contribution in [0.1, 0.15) is 13.3 Å². The van der Waals surface area contributed by atoms with Gasteiger partial charge in [0.05, 0.1) is 12.4 Å². The second-order valence-corrected chi connectivity index (χ2v) is 5.19. The lowest BCUT2D eigenvalue weighted by molar-refractivity contribution is 0.471. The van der Waals surface area contributed by atoms with Gasteiger partial charge in [0.1, 0.15) is 16.7 Å². The van der Waals surface area contributed by atoms with Gasteiger partial charge in [-0.3, -0.25) is 9.78 Å². The van der Waals surface area contributed by atoms with Gasteiger partial charge in [-0.2, -0.15) is 10.2 Å². The van der Waals surface area contributed by atoms with Crippen LogP contribution < -0.4 is 4.90 Å². The number of H-pyrrole nitrogens is 1. The monoisotopic (exact) mass is 269 g/mol. The van der Waals surface area contributed by atoms with E-state index in [4.69, 9.17) is 4.98 Å². The summed E-state index contributed by atoms with van der Waals surface area (Å²) in [5.41, 5.74) is 3.63. The first-order valence-corrected chi connectivity index (χ1v) is 6.69. The molecule has 3 aromatic heterocycles. The van der Waals surface area contributed by atoms with Gasteiger partial charge in [0.25, 0.3) is 0 Å². The normalized spacial score (nSPS) is 18.5. The second kappa shape index (κ2) is 4.03. The highest BCUT2D eigenvalue weighted by Gasteiger charge is 2.27. The first-order valence-electron chi connectivity index (χ1n) is 6.69. The predicted octanol–water partition coefficient (Wildman–Crippen LogP) is 1.35. The highest BCUT2D eigenvalue weighted by molar-refractivity contribution is 5.89. The Morgan fingerprint density at radius 1 is 1.30 bits per heavy atom. The Bertz CT molecular complexity index is 758. The van der Waals surface area contributed by atoms with Crippen LogP contribution in [0.4, 0.5) is 5.95 Å². The minimum Gasteiger partial charge on any atom is -0.338 e.